The normalized spacial score (nSPS) is 19.1. The van der Waals surface area contributed by atoms with Crippen molar-refractivity contribution in [3.05, 3.63) is 65.9 Å². The molecule has 5 rings (SSSR count). The molecule has 0 fully saturated rings. The number of aromatic nitrogens is 2. The minimum Gasteiger partial charge on any atom is -0.491 e. The van der Waals surface area contributed by atoms with E-state index in [-0.39, 0.29) is 11.4 Å². The number of pyridine rings is 2. The van der Waals surface area contributed by atoms with Gasteiger partial charge in [-0.1, -0.05) is 26.8 Å². The van der Waals surface area contributed by atoms with Crippen LogP contribution < -0.4 is 15.2 Å². The Hall–Kier alpha value is -3.68. The summed E-state index contributed by atoms with van der Waals surface area (Å²) in [6.45, 7) is 7.27. The summed E-state index contributed by atoms with van der Waals surface area (Å²) in [5, 5.41) is 0. The Kier molecular flexibility index (Phi) is 4.96. The number of rotatable bonds is 3. The molecule has 2 aliphatic rings. The van der Waals surface area contributed by atoms with Gasteiger partial charge in [0.05, 0.1) is 18.4 Å². The number of benzene rings is 1. The summed E-state index contributed by atoms with van der Waals surface area (Å²) in [5.74, 6) is 1.05. The Balaban J connectivity index is 1.65. The summed E-state index contributed by atoms with van der Waals surface area (Å²) >= 11 is 0. The number of halogens is 1. The van der Waals surface area contributed by atoms with Crippen molar-refractivity contribution in [2.45, 2.75) is 32.8 Å². The van der Waals surface area contributed by atoms with E-state index in [4.69, 9.17) is 19.9 Å². The summed E-state index contributed by atoms with van der Waals surface area (Å²) in [5.41, 5.74) is 7.51. The van der Waals surface area contributed by atoms with Gasteiger partial charge >= 0.3 is 0 Å². The molecule has 0 radical (unpaired) electrons. The third kappa shape index (κ3) is 3.86. The van der Waals surface area contributed by atoms with Gasteiger partial charge in [-0.05, 0) is 41.3 Å². The molecule has 3 aromatic rings. The van der Waals surface area contributed by atoms with Crippen molar-refractivity contribution in [1.29, 1.82) is 0 Å². The fraction of sp³-hybridized carbons (Fsp3) is 0.320. The van der Waals surface area contributed by atoms with Gasteiger partial charge in [0, 0.05) is 30.3 Å². The monoisotopic (exact) mass is 448 g/mol. The number of amidine groups is 1. The van der Waals surface area contributed by atoms with Crippen molar-refractivity contribution in [2.75, 3.05) is 13.2 Å². The van der Waals surface area contributed by atoms with Crippen LogP contribution in [0.5, 0.6) is 17.4 Å². The zero-order valence-electron chi connectivity index (χ0n) is 18.8. The Morgan fingerprint density at radius 1 is 1.15 bits per heavy atom. The summed E-state index contributed by atoms with van der Waals surface area (Å²) in [6, 6.07) is 10.8. The van der Waals surface area contributed by atoms with E-state index in [9.17, 15) is 4.39 Å². The summed E-state index contributed by atoms with van der Waals surface area (Å²) in [6.07, 6.45) is 3.58. The summed E-state index contributed by atoms with van der Waals surface area (Å²) in [4.78, 5) is 12.5. The van der Waals surface area contributed by atoms with Crippen LogP contribution in [0, 0.1) is 11.4 Å². The molecular weight excluding hydrogens is 423 g/mol. The third-order valence-corrected chi connectivity index (χ3v) is 5.63. The fourth-order valence-electron chi connectivity index (χ4n) is 4.10. The van der Waals surface area contributed by atoms with Crippen molar-refractivity contribution in [3.63, 3.8) is 0 Å². The quantitative estimate of drug-likeness (QED) is 0.579. The summed E-state index contributed by atoms with van der Waals surface area (Å²) in [7, 11) is 0. The molecule has 0 aliphatic carbocycles. The molecule has 0 amide bonds. The molecule has 1 atom stereocenters. The first-order valence-corrected chi connectivity index (χ1v) is 10.8. The van der Waals surface area contributed by atoms with Crippen LogP contribution in [0.2, 0.25) is 0 Å². The minimum atomic E-state index is -0.989. The lowest BCUT2D eigenvalue weighted by molar-refractivity contribution is 0.0621. The summed E-state index contributed by atoms with van der Waals surface area (Å²) < 4.78 is 32.8. The highest BCUT2D eigenvalue weighted by Crippen LogP contribution is 2.52. The minimum absolute atomic E-state index is 0.0161. The number of ether oxygens (including phenoxy) is 3. The van der Waals surface area contributed by atoms with E-state index in [0.717, 1.165) is 5.56 Å². The van der Waals surface area contributed by atoms with Crippen LogP contribution in [0.15, 0.2) is 53.8 Å². The van der Waals surface area contributed by atoms with Gasteiger partial charge in [0.15, 0.2) is 5.60 Å². The molecule has 8 heteroatoms. The van der Waals surface area contributed by atoms with E-state index in [2.05, 4.69) is 35.7 Å². The molecule has 2 N–H and O–H groups in total. The van der Waals surface area contributed by atoms with E-state index in [1.807, 2.05) is 12.1 Å². The lowest BCUT2D eigenvalue weighted by Crippen LogP contribution is -2.42. The van der Waals surface area contributed by atoms with Gasteiger partial charge in [-0.25, -0.2) is 15.0 Å². The number of aliphatic imine (C=N–C) groups is 1. The first kappa shape index (κ1) is 21.2. The Morgan fingerprint density at radius 3 is 2.76 bits per heavy atom. The fourth-order valence-corrected chi connectivity index (χ4v) is 4.10. The van der Waals surface area contributed by atoms with Crippen molar-refractivity contribution >= 4 is 6.02 Å². The number of nitrogens with zero attached hydrogens (tertiary/aromatic N) is 3. The number of hydrogen-bond acceptors (Lipinski definition) is 7. The molecule has 33 heavy (non-hydrogen) atoms. The van der Waals surface area contributed by atoms with Gasteiger partial charge in [-0.3, -0.25) is 0 Å². The zero-order chi connectivity index (χ0) is 23.2. The van der Waals surface area contributed by atoms with Gasteiger partial charge in [0.1, 0.15) is 11.5 Å². The molecule has 0 saturated heterocycles. The molecule has 4 heterocycles. The molecule has 2 aromatic heterocycles. The topological polar surface area (TPSA) is 91.9 Å². The smallest absolute Gasteiger partial charge is 0.283 e. The maximum absolute atomic E-state index is 14.4. The third-order valence-electron chi connectivity index (χ3n) is 5.63. The predicted octanol–water partition coefficient (Wildman–Crippen LogP) is 4.79. The van der Waals surface area contributed by atoms with Crippen LogP contribution in [0.4, 0.5) is 4.39 Å². The van der Waals surface area contributed by atoms with Crippen LogP contribution >= 0.6 is 0 Å². The largest absolute Gasteiger partial charge is 0.491 e. The highest BCUT2D eigenvalue weighted by Gasteiger charge is 2.47. The molecule has 2 aliphatic heterocycles. The van der Waals surface area contributed by atoms with Crippen LogP contribution in [-0.2, 0) is 10.3 Å². The highest BCUT2D eigenvalue weighted by molar-refractivity contribution is 5.75. The Labute approximate surface area is 191 Å². The molecule has 0 bridgehead atoms. The second-order valence-corrected chi connectivity index (χ2v) is 9.43. The maximum atomic E-state index is 14.4. The van der Waals surface area contributed by atoms with Gasteiger partial charge in [0.2, 0.25) is 11.8 Å². The molecule has 1 spiro atoms. The average molecular weight is 448 g/mol. The van der Waals surface area contributed by atoms with E-state index < -0.39 is 11.5 Å². The molecule has 0 saturated carbocycles. The van der Waals surface area contributed by atoms with Gasteiger partial charge in [-0.2, -0.15) is 4.39 Å². The number of fused-ring (bicyclic) bond motifs is 4. The molecular formula is C25H25FN4O3. The van der Waals surface area contributed by atoms with E-state index >= 15 is 0 Å². The zero-order valence-corrected chi connectivity index (χ0v) is 18.8. The van der Waals surface area contributed by atoms with Gasteiger partial charge < -0.3 is 19.9 Å². The first-order chi connectivity index (χ1) is 15.7. The molecule has 1 aromatic carbocycles. The maximum Gasteiger partial charge on any atom is 0.283 e. The average Bonchev–Trinajstić information content (AvgIpc) is 2.78. The van der Waals surface area contributed by atoms with Crippen molar-refractivity contribution < 1.29 is 18.6 Å². The standard InChI is InChI=1S/C25H25FN4O3/c1-24(2,3)14-31-16-12-19-22(30-13-16)32-20-7-6-15(17-5-4-9-28-21(17)26)11-18(20)25(19)8-10-29-23(27)33-25/h4-7,9,11-13H,8,10,14H2,1-3H3,(H2,27,29)/t25-/m0/s1. The molecule has 7 nitrogen and oxygen atoms in total. The lowest BCUT2D eigenvalue weighted by Gasteiger charge is -2.41. The first-order valence-electron chi connectivity index (χ1n) is 10.8. The second kappa shape index (κ2) is 7.72. The SMILES string of the molecule is CC(C)(C)COc1cnc2c(c1)[C@]1(CCN=C(N)O1)c1cc(-c3cccnc3F)ccc1O2. The van der Waals surface area contributed by atoms with Crippen LogP contribution in [0.25, 0.3) is 11.1 Å². The van der Waals surface area contributed by atoms with E-state index in [1.54, 1.807) is 30.5 Å². The van der Waals surface area contributed by atoms with E-state index in [1.165, 1.54) is 6.20 Å². The number of hydrogen-bond donors (Lipinski definition) is 1. The van der Waals surface area contributed by atoms with Crippen molar-refractivity contribution in [1.82, 2.24) is 9.97 Å². The van der Waals surface area contributed by atoms with Crippen LogP contribution in [0.1, 0.15) is 38.3 Å². The molecule has 170 valence electrons. The van der Waals surface area contributed by atoms with Crippen LogP contribution in [-0.4, -0.2) is 29.1 Å². The second-order valence-electron chi connectivity index (χ2n) is 9.43. The van der Waals surface area contributed by atoms with Crippen molar-refractivity contribution in [3.8, 4) is 28.5 Å². The van der Waals surface area contributed by atoms with Gasteiger partial charge in [0.25, 0.3) is 6.02 Å². The Bertz CT molecular complexity index is 1250. The van der Waals surface area contributed by atoms with Crippen molar-refractivity contribution in [2.24, 2.45) is 16.1 Å². The Morgan fingerprint density at radius 2 is 2.00 bits per heavy atom. The molecule has 0 unspecified atom stereocenters. The lowest BCUT2D eigenvalue weighted by atomic mass is 9.80. The van der Waals surface area contributed by atoms with Crippen LogP contribution in [0.3, 0.4) is 0 Å². The van der Waals surface area contributed by atoms with E-state index in [0.29, 0.717) is 53.6 Å². The highest BCUT2D eigenvalue weighted by atomic mass is 19.1. The number of nitrogens with two attached hydrogens (primary N) is 1. The predicted molar refractivity (Wildman–Crippen MR) is 122 cm³/mol. The van der Waals surface area contributed by atoms with Gasteiger partial charge in [-0.15, -0.1) is 0 Å².